The van der Waals surface area contributed by atoms with Crippen molar-refractivity contribution in [2.24, 2.45) is 0 Å². The lowest BCUT2D eigenvalue weighted by molar-refractivity contribution is 0.161. The fraction of sp³-hybridized carbons (Fsp3) is 0.500. The van der Waals surface area contributed by atoms with Crippen LogP contribution >= 0.6 is 0 Å². The number of fused-ring (bicyclic) bond motifs is 1. The first-order valence-corrected chi connectivity index (χ1v) is 9.52. The Balaban J connectivity index is 1.39. The molecule has 26 heavy (non-hydrogen) atoms. The van der Waals surface area contributed by atoms with Gasteiger partial charge in [0.15, 0.2) is 0 Å². The average Bonchev–Trinajstić information content (AvgIpc) is 3.33. The van der Waals surface area contributed by atoms with Gasteiger partial charge in [0.25, 0.3) is 0 Å². The van der Waals surface area contributed by atoms with E-state index in [1.54, 1.807) is 6.20 Å². The molecule has 1 atom stereocenters. The second-order valence-electron chi connectivity index (χ2n) is 7.15. The van der Waals surface area contributed by atoms with E-state index >= 15 is 0 Å². The van der Waals surface area contributed by atoms with E-state index in [2.05, 4.69) is 34.1 Å². The zero-order valence-corrected chi connectivity index (χ0v) is 15.2. The first-order valence-electron chi connectivity index (χ1n) is 9.52. The van der Waals surface area contributed by atoms with Crippen molar-refractivity contribution in [1.82, 2.24) is 19.8 Å². The first kappa shape index (κ1) is 16.9. The number of carbonyl (C=O) groups is 1. The quantitative estimate of drug-likeness (QED) is 0.914. The number of nitrogens with one attached hydrogen (secondary N) is 1. The molecule has 2 aromatic rings. The SMILES string of the molecule is CC1c2cccn2CCN1C(=O)NCc1cccnc1OC1CCCC1. The van der Waals surface area contributed by atoms with Gasteiger partial charge < -0.3 is 19.5 Å². The van der Waals surface area contributed by atoms with Gasteiger partial charge >= 0.3 is 6.03 Å². The number of hydrogen-bond acceptors (Lipinski definition) is 3. The van der Waals surface area contributed by atoms with Crippen LogP contribution in [-0.4, -0.2) is 33.1 Å². The first-order chi connectivity index (χ1) is 12.7. The maximum Gasteiger partial charge on any atom is 0.318 e. The molecule has 1 aliphatic carbocycles. The molecule has 138 valence electrons. The minimum atomic E-state index is -0.0411. The van der Waals surface area contributed by atoms with Crippen molar-refractivity contribution in [3.8, 4) is 5.88 Å². The molecule has 0 bridgehead atoms. The van der Waals surface area contributed by atoms with Gasteiger partial charge in [-0.2, -0.15) is 0 Å². The standard InChI is InChI=1S/C20H26N4O2/c1-15-18-9-5-11-23(18)12-13-24(15)20(25)22-14-16-6-4-10-21-19(16)26-17-7-2-3-8-17/h4-6,9-11,15,17H,2-3,7-8,12-14H2,1H3,(H,22,25). The lowest BCUT2D eigenvalue weighted by Gasteiger charge is -2.34. The van der Waals surface area contributed by atoms with Crippen molar-refractivity contribution in [3.63, 3.8) is 0 Å². The number of amides is 2. The third-order valence-corrected chi connectivity index (χ3v) is 5.46. The molecule has 1 saturated carbocycles. The molecule has 2 aliphatic rings. The van der Waals surface area contributed by atoms with Crippen LogP contribution in [0.15, 0.2) is 36.7 Å². The number of pyridine rings is 1. The van der Waals surface area contributed by atoms with E-state index in [9.17, 15) is 4.79 Å². The van der Waals surface area contributed by atoms with Crippen molar-refractivity contribution >= 4 is 6.03 Å². The maximum absolute atomic E-state index is 12.7. The summed E-state index contributed by atoms with van der Waals surface area (Å²) in [6.45, 7) is 4.05. The van der Waals surface area contributed by atoms with E-state index < -0.39 is 0 Å². The summed E-state index contributed by atoms with van der Waals surface area (Å²) >= 11 is 0. The Morgan fingerprint density at radius 1 is 1.27 bits per heavy atom. The van der Waals surface area contributed by atoms with Crippen molar-refractivity contribution in [2.45, 2.75) is 57.8 Å². The monoisotopic (exact) mass is 354 g/mol. The zero-order valence-electron chi connectivity index (χ0n) is 15.2. The lowest BCUT2D eigenvalue weighted by Crippen LogP contribution is -2.45. The molecule has 6 heteroatoms. The van der Waals surface area contributed by atoms with Crippen LogP contribution in [0, 0.1) is 0 Å². The van der Waals surface area contributed by atoms with E-state index in [1.165, 1.54) is 18.5 Å². The minimum Gasteiger partial charge on any atom is -0.474 e. The number of carbonyl (C=O) groups excluding carboxylic acids is 1. The molecular weight excluding hydrogens is 328 g/mol. The molecule has 3 heterocycles. The fourth-order valence-corrected chi connectivity index (χ4v) is 3.96. The molecule has 1 N–H and O–H groups in total. The number of rotatable bonds is 4. The lowest BCUT2D eigenvalue weighted by atomic mass is 10.1. The smallest absolute Gasteiger partial charge is 0.318 e. The largest absolute Gasteiger partial charge is 0.474 e. The highest BCUT2D eigenvalue weighted by Crippen LogP contribution is 2.26. The van der Waals surface area contributed by atoms with E-state index in [1.807, 2.05) is 23.1 Å². The Bertz CT molecular complexity index is 767. The van der Waals surface area contributed by atoms with Crippen molar-refractivity contribution < 1.29 is 9.53 Å². The third kappa shape index (κ3) is 3.41. The van der Waals surface area contributed by atoms with Crippen LogP contribution in [0.2, 0.25) is 0 Å². The van der Waals surface area contributed by atoms with E-state index in [4.69, 9.17) is 4.74 Å². The molecule has 1 unspecified atom stereocenters. The van der Waals surface area contributed by atoms with Gasteiger partial charge in [-0.1, -0.05) is 6.07 Å². The Labute approximate surface area is 154 Å². The predicted octanol–water partition coefficient (Wildman–Crippen LogP) is 3.49. The molecule has 1 fully saturated rings. The summed E-state index contributed by atoms with van der Waals surface area (Å²) in [6, 6.07) is 8.01. The molecule has 6 nitrogen and oxygen atoms in total. The highest BCUT2D eigenvalue weighted by Gasteiger charge is 2.27. The number of ether oxygens (including phenoxy) is 1. The van der Waals surface area contributed by atoms with Crippen LogP contribution in [0.1, 0.15) is 49.9 Å². The summed E-state index contributed by atoms with van der Waals surface area (Å²) in [5.74, 6) is 0.653. The summed E-state index contributed by atoms with van der Waals surface area (Å²) < 4.78 is 8.27. The number of aromatic nitrogens is 2. The van der Waals surface area contributed by atoms with Crippen LogP contribution in [0.4, 0.5) is 4.79 Å². The molecular formula is C20H26N4O2. The molecule has 2 amide bonds. The highest BCUT2D eigenvalue weighted by molar-refractivity contribution is 5.75. The van der Waals surface area contributed by atoms with Gasteiger partial charge in [-0.05, 0) is 50.8 Å². The van der Waals surface area contributed by atoms with Crippen molar-refractivity contribution in [3.05, 3.63) is 47.9 Å². The topological polar surface area (TPSA) is 59.4 Å². The van der Waals surface area contributed by atoms with Gasteiger partial charge in [0.1, 0.15) is 6.10 Å². The van der Waals surface area contributed by atoms with Crippen LogP contribution in [0.5, 0.6) is 5.88 Å². The van der Waals surface area contributed by atoms with Gasteiger partial charge in [-0.15, -0.1) is 0 Å². The molecule has 0 saturated heterocycles. The van der Waals surface area contributed by atoms with Gasteiger partial charge in [0.05, 0.1) is 6.04 Å². The molecule has 2 aromatic heterocycles. The zero-order chi connectivity index (χ0) is 17.9. The Kier molecular flexibility index (Phi) is 4.82. The maximum atomic E-state index is 12.7. The predicted molar refractivity (Wildman–Crippen MR) is 98.9 cm³/mol. The number of urea groups is 1. The summed E-state index contributed by atoms with van der Waals surface area (Å²) in [4.78, 5) is 19.0. The second-order valence-corrected chi connectivity index (χ2v) is 7.15. The van der Waals surface area contributed by atoms with Crippen LogP contribution in [0.3, 0.4) is 0 Å². The Morgan fingerprint density at radius 3 is 2.96 bits per heavy atom. The molecule has 0 radical (unpaired) electrons. The Hall–Kier alpha value is -2.50. The molecule has 4 rings (SSSR count). The van der Waals surface area contributed by atoms with Crippen molar-refractivity contribution in [2.75, 3.05) is 6.54 Å². The van der Waals surface area contributed by atoms with Crippen LogP contribution in [0.25, 0.3) is 0 Å². The summed E-state index contributed by atoms with van der Waals surface area (Å²) in [5.41, 5.74) is 2.11. The molecule has 1 aliphatic heterocycles. The van der Waals surface area contributed by atoms with E-state index in [0.29, 0.717) is 19.0 Å². The van der Waals surface area contributed by atoms with E-state index in [0.717, 1.165) is 24.9 Å². The summed E-state index contributed by atoms with van der Waals surface area (Å²) in [7, 11) is 0. The third-order valence-electron chi connectivity index (χ3n) is 5.46. The Morgan fingerprint density at radius 2 is 2.12 bits per heavy atom. The molecule has 0 aromatic carbocycles. The average molecular weight is 354 g/mol. The van der Waals surface area contributed by atoms with Gasteiger partial charge in [0.2, 0.25) is 5.88 Å². The van der Waals surface area contributed by atoms with Gasteiger partial charge in [-0.25, -0.2) is 9.78 Å². The van der Waals surface area contributed by atoms with Crippen LogP contribution in [-0.2, 0) is 13.1 Å². The summed E-state index contributed by atoms with van der Waals surface area (Å²) in [5, 5.41) is 3.05. The molecule has 0 spiro atoms. The fourth-order valence-electron chi connectivity index (χ4n) is 3.96. The van der Waals surface area contributed by atoms with Gasteiger partial charge in [-0.3, -0.25) is 0 Å². The van der Waals surface area contributed by atoms with Crippen LogP contribution < -0.4 is 10.1 Å². The van der Waals surface area contributed by atoms with Gasteiger partial charge in [0, 0.05) is 43.3 Å². The highest BCUT2D eigenvalue weighted by atomic mass is 16.5. The normalized spacial score (nSPS) is 20.0. The van der Waals surface area contributed by atoms with Crippen molar-refractivity contribution in [1.29, 1.82) is 0 Å². The summed E-state index contributed by atoms with van der Waals surface area (Å²) in [6.07, 6.45) is 8.70. The second kappa shape index (κ2) is 7.40. The minimum absolute atomic E-state index is 0.0411. The van der Waals surface area contributed by atoms with E-state index in [-0.39, 0.29) is 18.2 Å². The number of hydrogen-bond donors (Lipinski definition) is 1. The number of nitrogens with zero attached hydrogens (tertiary/aromatic N) is 3.